The smallest absolute Gasteiger partial charge is 0.437 e. The van der Waals surface area contributed by atoms with Crippen LogP contribution < -0.4 is 5.32 Å². The van der Waals surface area contributed by atoms with E-state index in [1.165, 1.54) is 6.92 Å². The van der Waals surface area contributed by atoms with E-state index in [9.17, 15) is 18.0 Å². The Labute approximate surface area is 119 Å². The van der Waals surface area contributed by atoms with E-state index >= 15 is 0 Å². The first-order valence-electron chi connectivity index (χ1n) is 6.36. The Hall–Kier alpha value is -1.77. The number of esters is 1. The normalized spacial score (nSPS) is 11.8. The van der Waals surface area contributed by atoms with Gasteiger partial charge in [0, 0.05) is 6.54 Å². The first-order valence-corrected chi connectivity index (χ1v) is 6.36. The van der Waals surface area contributed by atoms with Gasteiger partial charge in [0.2, 0.25) is 5.76 Å². The van der Waals surface area contributed by atoms with E-state index in [4.69, 9.17) is 9.15 Å². The SMILES string of the molecule is CCOC(=O)c1oc(NCCOC(C)C)nc1C(F)(F)F. The van der Waals surface area contributed by atoms with E-state index in [1.54, 1.807) is 0 Å². The highest BCUT2D eigenvalue weighted by atomic mass is 19.4. The first-order chi connectivity index (χ1) is 9.75. The van der Waals surface area contributed by atoms with Crippen molar-refractivity contribution in [1.29, 1.82) is 0 Å². The van der Waals surface area contributed by atoms with Gasteiger partial charge in [-0.2, -0.15) is 18.2 Å². The highest BCUT2D eigenvalue weighted by Crippen LogP contribution is 2.33. The molecule has 0 aliphatic rings. The van der Waals surface area contributed by atoms with Gasteiger partial charge in [0.05, 0.1) is 19.3 Å². The molecule has 9 heteroatoms. The van der Waals surface area contributed by atoms with Gasteiger partial charge >= 0.3 is 12.1 Å². The third-order valence-electron chi connectivity index (χ3n) is 2.19. The largest absolute Gasteiger partial charge is 0.460 e. The van der Waals surface area contributed by atoms with Crippen LogP contribution >= 0.6 is 0 Å². The minimum atomic E-state index is -4.81. The van der Waals surface area contributed by atoms with Crippen molar-refractivity contribution >= 4 is 12.0 Å². The third kappa shape index (κ3) is 5.25. The maximum Gasteiger partial charge on any atom is 0.437 e. The molecule has 1 N–H and O–H groups in total. The molecule has 0 spiro atoms. The van der Waals surface area contributed by atoms with Crippen LogP contribution in [0.4, 0.5) is 19.2 Å². The van der Waals surface area contributed by atoms with Crippen LogP contribution in [0.25, 0.3) is 0 Å². The zero-order valence-corrected chi connectivity index (χ0v) is 11.9. The van der Waals surface area contributed by atoms with Crippen LogP contribution in [0.1, 0.15) is 37.0 Å². The average Bonchev–Trinajstić information content (AvgIpc) is 2.79. The molecule has 0 radical (unpaired) electrons. The minimum Gasteiger partial charge on any atom is -0.460 e. The summed E-state index contributed by atoms with van der Waals surface area (Å²) < 4.78 is 52.8. The van der Waals surface area contributed by atoms with Crippen LogP contribution in [0, 0.1) is 0 Å². The molecule has 0 aromatic carbocycles. The summed E-state index contributed by atoms with van der Waals surface area (Å²) in [5.74, 6) is -2.17. The lowest BCUT2D eigenvalue weighted by molar-refractivity contribution is -0.141. The van der Waals surface area contributed by atoms with Crippen molar-refractivity contribution in [3.8, 4) is 0 Å². The second-order valence-corrected chi connectivity index (χ2v) is 4.26. The van der Waals surface area contributed by atoms with E-state index in [1.807, 2.05) is 13.8 Å². The molecule has 0 fully saturated rings. The lowest BCUT2D eigenvalue weighted by Gasteiger charge is -2.06. The molecule has 21 heavy (non-hydrogen) atoms. The number of oxazole rings is 1. The molecular formula is C12H17F3N2O4. The Morgan fingerprint density at radius 1 is 1.43 bits per heavy atom. The second kappa shape index (κ2) is 7.30. The van der Waals surface area contributed by atoms with Crippen molar-refractivity contribution in [3.05, 3.63) is 11.5 Å². The highest BCUT2D eigenvalue weighted by Gasteiger charge is 2.41. The molecule has 0 atom stereocenters. The number of nitrogens with one attached hydrogen (secondary N) is 1. The van der Waals surface area contributed by atoms with Gasteiger partial charge in [-0.15, -0.1) is 0 Å². The molecule has 0 bridgehead atoms. The van der Waals surface area contributed by atoms with Crippen LogP contribution in [0.2, 0.25) is 0 Å². The van der Waals surface area contributed by atoms with Gasteiger partial charge in [-0.1, -0.05) is 0 Å². The summed E-state index contributed by atoms with van der Waals surface area (Å²) in [5, 5.41) is 2.52. The van der Waals surface area contributed by atoms with Crippen LogP contribution in [0.5, 0.6) is 0 Å². The maximum absolute atomic E-state index is 12.8. The lowest BCUT2D eigenvalue weighted by atomic mass is 10.3. The van der Waals surface area contributed by atoms with Gasteiger partial charge < -0.3 is 19.2 Å². The van der Waals surface area contributed by atoms with E-state index in [2.05, 4.69) is 15.0 Å². The lowest BCUT2D eigenvalue weighted by Crippen LogP contribution is -2.14. The van der Waals surface area contributed by atoms with Gasteiger partial charge in [-0.05, 0) is 20.8 Å². The fourth-order valence-corrected chi connectivity index (χ4v) is 1.38. The van der Waals surface area contributed by atoms with Gasteiger partial charge in [0.25, 0.3) is 6.01 Å². The molecule has 0 unspecified atom stereocenters. The monoisotopic (exact) mass is 310 g/mol. The van der Waals surface area contributed by atoms with Crippen molar-refractivity contribution in [2.45, 2.75) is 33.1 Å². The fourth-order valence-electron chi connectivity index (χ4n) is 1.38. The summed E-state index contributed by atoms with van der Waals surface area (Å²) in [4.78, 5) is 14.7. The third-order valence-corrected chi connectivity index (χ3v) is 2.19. The Balaban J connectivity index is 2.81. The molecule has 0 aliphatic carbocycles. The fraction of sp³-hybridized carbons (Fsp3) is 0.667. The molecular weight excluding hydrogens is 293 g/mol. The van der Waals surface area contributed by atoms with Crippen LogP contribution in [0.15, 0.2) is 4.42 Å². The van der Waals surface area contributed by atoms with E-state index in [-0.39, 0.29) is 25.9 Å². The molecule has 1 rings (SSSR count). The van der Waals surface area contributed by atoms with Gasteiger partial charge in [0.15, 0.2) is 5.69 Å². The molecule has 0 saturated carbocycles. The van der Waals surface area contributed by atoms with E-state index < -0.39 is 29.6 Å². The highest BCUT2D eigenvalue weighted by molar-refractivity contribution is 5.88. The number of anilines is 1. The number of rotatable bonds is 7. The summed E-state index contributed by atoms with van der Waals surface area (Å²) in [6.07, 6.45) is -4.81. The van der Waals surface area contributed by atoms with E-state index in [0.29, 0.717) is 0 Å². The molecule has 120 valence electrons. The summed E-state index contributed by atoms with van der Waals surface area (Å²) >= 11 is 0. The van der Waals surface area contributed by atoms with Crippen molar-refractivity contribution in [1.82, 2.24) is 4.98 Å². The first kappa shape index (κ1) is 17.3. The average molecular weight is 310 g/mol. The number of alkyl halides is 3. The van der Waals surface area contributed by atoms with Crippen molar-refractivity contribution in [2.75, 3.05) is 25.1 Å². The number of halogens is 3. The second-order valence-electron chi connectivity index (χ2n) is 4.26. The Kier molecular flexibility index (Phi) is 6.01. The van der Waals surface area contributed by atoms with Crippen LogP contribution in [-0.4, -0.2) is 36.8 Å². The summed E-state index contributed by atoms with van der Waals surface area (Å²) in [6, 6.07) is -0.405. The Bertz CT molecular complexity index is 472. The summed E-state index contributed by atoms with van der Waals surface area (Å²) in [6.45, 7) is 5.51. The number of hydrogen-bond donors (Lipinski definition) is 1. The number of ether oxygens (including phenoxy) is 2. The molecule has 1 aromatic rings. The standard InChI is InChI=1S/C12H17F3N2O4/c1-4-19-10(18)8-9(12(13,14)15)17-11(21-8)16-5-6-20-7(2)3/h7H,4-6H2,1-3H3,(H,16,17). The van der Waals surface area contributed by atoms with E-state index in [0.717, 1.165) is 0 Å². The predicted octanol–water partition coefficient (Wildman–Crippen LogP) is 2.71. The number of carbonyl (C=O) groups is 1. The number of hydrogen-bond acceptors (Lipinski definition) is 6. The molecule has 1 aromatic heterocycles. The van der Waals surface area contributed by atoms with Gasteiger partial charge in [-0.3, -0.25) is 0 Å². The zero-order chi connectivity index (χ0) is 16.0. The molecule has 0 aliphatic heterocycles. The minimum absolute atomic E-state index is 0.00260. The topological polar surface area (TPSA) is 73.6 Å². The maximum atomic E-state index is 12.8. The number of nitrogens with zero attached hydrogens (tertiary/aromatic N) is 1. The Morgan fingerprint density at radius 2 is 2.10 bits per heavy atom. The van der Waals surface area contributed by atoms with Gasteiger partial charge in [-0.25, -0.2) is 4.79 Å². The van der Waals surface area contributed by atoms with Crippen molar-refractivity contribution in [3.63, 3.8) is 0 Å². The summed E-state index contributed by atoms with van der Waals surface area (Å²) in [5.41, 5.74) is -1.41. The Morgan fingerprint density at radius 3 is 2.62 bits per heavy atom. The van der Waals surface area contributed by atoms with Gasteiger partial charge in [0.1, 0.15) is 0 Å². The molecule has 6 nitrogen and oxygen atoms in total. The van der Waals surface area contributed by atoms with Crippen molar-refractivity contribution < 1.29 is 31.9 Å². The molecule has 0 amide bonds. The number of aromatic nitrogens is 1. The van der Waals surface area contributed by atoms with Crippen LogP contribution in [-0.2, 0) is 15.7 Å². The molecule has 0 saturated heterocycles. The van der Waals surface area contributed by atoms with Crippen molar-refractivity contribution in [2.24, 2.45) is 0 Å². The number of carbonyl (C=O) groups excluding carboxylic acids is 1. The molecule has 1 heterocycles. The zero-order valence-electron chi connectivity index (χ0n) is 11.9. The predicted molar refractivity (Wildman–Crippen MR) is 67.0 cm³/mol. The quantitative estimate of drug-likeness (QED) is 0.616. The van der Waals surface area contributed by atoms with Crippen LogP contribution in [0.3, 0.4) is 0 Å². The summed E-state index contributed by atoms with van der Waals surface area (Å²) in [7, 11) is 0.